The second kappa shape index (κ2) is 5.07. The van der Waals surface area contributed by atoms with Gasteiger partial charge in [-0.1, -0.05) is 15.9 Å². The van der Waals surface area contributed by atoms with Crippen molar-refractivity contribution < 1.29 is 17.6 Å². The van der Waals surface area contributed by atoms with Crippen LogP contribution in [0.25, 0.3) is 0 Å². The molecule has 7 heteroatoms. The number of benzene rings is 1. The largest absolute Gasteiger partial charge is 0.298 e. The van der Waals surface area contributed by atoms with Gasteiger partial charge in [-0.25, -0.2) is 12.8 Å². The molecule has 0 amide bonds. The van der Waals surface area contributed by atoms with Gasteiger partial charge in [0, 0.05) is 17.4 Å². The molecule has 0 bridgehead atoms. The van der Waals surface area contributed by atoms with Crippen LogP contribution in [0.4, 0.5) is 4.39 Å². The van der Waals surface area contributed by atoms with Crippen molar-refractivity contribution in [2.24, 2.45) is 0 Å². The van der Waals surface area contributed by atoms with E-state index in [1.165, 1.54) is 12.1 Å². The minimum Gasteiger partial charge on any atom is -0.298 e. The molecule has 1 aliphatic heterocycles. The molecular weight excluding hydrogens is 325 g/mol. The van der Waals surface area contributed by atoms with E-state index in [4.69, 9.17) is 0 Å². The van der Waals surface area contributed by atoms with Crippen LogP contribution in [0.5, 0.6) is 0 Å². The van der Waals surface area contributed by atoms with Crippen LogP contribution < -0.4 is 0 Å². The van der Waals surface area contributed by atoms with E-state index >= 15 is 0 Å². The maximum absolute atomic E-state index is 13.6. The zero-order valence-corrected chi connectivity index (χ0v) is 11.8. The predicted molar refractivity (Wildman–Crippen MR) is 67.1 cm³/mol. The lowest BCUT2D eigenvalue weighted by Gasteiger charge is -2.25. The summed E-state index contributed by atoms with van der Waals surface area (Å²) in [6.45, 7) is 0.0777. The van der Waals surface area contributed by atoms with Gasteiger partial charge in [0.15, 0.2) is 0 Å². The predicted octanol–water partition coefficient (Wildman–Crippen LogP) is 1.94. The van der Waals surface area contributed by atoms with Crippen LogP contribution >= 0.6 is 15.9 Å². The summed E-state index contributed by atoms with van der Waals surface area (Å²) >= 11 is 3.11. The fourth-order valence-corrected chi connectivity index (χ4v) is 3.89. The van der Waals surface area contributed by atoms with Gasteiger partial charge in [-0.2, -0.15) is 4.31 Å². The van der Waals surface area contributed by atoms with Crippen molar-refractivity contribution in [3.63, 3.8) is 0 Å². The van der Waals surface area contributed by atoms with E-state index in [1.807, 2.05) is 0 Å². The molecule has 1 aromatic carbocycles. The summed E-state index contributed by atoms with van der Waals surface area (Å²) in [6, 6.07) is 3.72. The van der Waals surface area contributed by atoms with Gasteiger partial charge in [0.05, 0.1) is 6.54 Å². The van der Waals surface area contributed by atoms with Crippen LogP contribution in [0.3, 0.4) is 0 Å². The van der Waals surface area contributed by atoms with Gasteiger partial charge in [0.2, 0.25) is 10.0 Å². The molecule has 98 valence electrons. The van der Waals surface area contributed by atoms with Gasteiger partial charge in [-0.05, 0) is 24.6 Å². The second-order valence-corrected chi connectivity index (χ2v) is 6.88. The minimum atomic E-state index is -3.94. The standard InChI is InChI=1S/C11H11BrFNO3S/c12-8-3-4-10(13)11(6-8)18(16,17)14-5-1-2-9(15)7-14/h3-4,6H,1-2,5,7H2. The first kappa shape index (κ1) is 13.6. The van der Waals surface area contributed by atoms with Gasteiger partial charge in [-0.15, -0.1) is 0 Å². The average Bonchev–Trinajstić information content (AvgIpc) is 2.32. The first-order valence-corrected chi connectivity index (χ1v) is 7.61. The van der Waals surface area contributed by atoms with Gasteiger partial charge in [0.25, 0.3) is 0 Å². The SMILES string of the molecule is O=C1CCCN(S(=O)(=O)c2cc(Br)ccc2F)C1. The first-order chi connectivity index (χ1) is 8.41. The molecule has 4 nitrogen and oxygen atoms in total. The molecule has 0 spiro atoms. The zero-order valence-electron chi connectivity index (χ0n) is 9.40. The number of ketones is 1. The lowest BCUT2D eigenvalue weighted by Crippen LogP contribution is -2.40. The van der Waals surface area contributed by atoms with Gasteiger partial charge >= 0.3 is 0 Å². The van der Waals surface area contributed by atoms with Crippen LogP contribution in [0.1, 0.15) is 12.8 Å². The molecule has 0 N–H and O–H groups in total. The van der Waals surface area contributed by atoms with E-state index in [0.29, 0.717) is 17.3 Å². The molecule has 1 heterocycles. The summed E-state index contributed by atoms with van der Waals surface area (Å²) in [7, 11) is -3.94. The molecule has 18 heavy (non-hydrogen) atoms. The molecular formula is C11H11BrFNO3S. The van der Waals surface area contributed by atoms with E-state index in [1.54, 1.807) is 0 Å². The van der Waals surface area contributed by atoms with E-state index < -0.39 is 20.7 Å². The minimum absolute atomic E-state index is 0.139. The Morgan fingerprint density at radius 3 is 2.72 bits per heavy atom. The molecule has 1 fully saturated rings. The number of piperidine rings is 1. The Kier molecular flexibility index (Phi) is 3.84. The Bertz CT molecular complexity index is 588. The number of carbonyl (C=O) groups excluding carboxylic acids is 1. The summed E-state index contributed by atoms with van der Waals surface area (Å²) in [6.07, 6.45) is 0.862. The summed E-state index contributed by atoms with van der Waals surface area (Å²) < 4.78 is 39.6. The van der Waals surface area contributed by atoms with Gasteiger partial charge in [-0.3, -0.25) is 4.79 Å². The van der Waals surface area contributed by atoms with Crippen molar-refractivity contribution in [1.82, 2.24) is 4.31 Å². The third-order valence-electron chi connectivity index (χ3n) is 2.73. The molecule has 0 aliphatic carbocycles. The lowest BCUT2D eigenvalue weighted by molar-refractivity contribution is -0.120. The normalized spacial score (nSPS) is 18.0. The monoisotopic (exact) mass is 335 g/mol. The van der Waals surface area contributed by atoms with Crippen LogP contribution in [0.15, 0.2) is 27.6 Å². The van der Waals surface area contributed by atoms with E-state index in [2.05, 4.69) is 15.9 Å². The highest BCUT2D eigenvalue weighted by atomic mass is 79.9. The molecule has 0 unspecified atom stereocenters. The molecule has 0 atom stereocenters. The Morgan fingerprint density at radius 2 is 2.06 bits per heavy atom. The fraction of sp³-hybridized carbons (Fsp3) is 0.364. The number of rotatable bonds is 2. The highest BCUT2D eigenvalue weighted by Gasteiger charge is 2.31. The number of sulfonamides is 1. The van der Waals surface area contributed by atoms with Crippen LogP contribution in [0, 0.1) is 5.82 Å². The van der Waals surface area contributed by atoms with Crippen LogP contribution in [-0.4, -0.2) is 31.6 Å². The quantitative estimate of drug-likeness (QED) is 0.829. The summed E-state index contributed by atoms with van der Waals surface area (Å²) in [4.78, 5) is 10.9. The van der Waals surface area contributed by atoms with Crippen molar-refractivity contribution in [3.05, 3.63) is 28.5 Å². The number of carbonyl (C=O) groups is 1. The highest BCUT2D eigenvalue weighted by Crippen LogP contribution is 2.24. The van der Waals surface area contributed by atoms with E-state index in [9.17, 15) is 17.6 Å². The molecule has 0 aromatic heterocycles. The lowest BCUT2D eigenvalue weighted by atomic mass is 10.1. The van der Waals surface area contributed by atoms with Crippen LogP contribution in [-0.2, 0) is 14.8 Å². The number of nitrogens with zero attached hydrogens (tertiary/aromatic N) is 1. The van der Waals surface area contributed by atoms with Gasteiger partial charge < -0.3 is 0 Å². The molecule has 0 saturated carbocycles. The van der Waals surface area contributed by atoms with Crippen molar-refractivity contribution in [2.45, 2.75) is 17.7 Å². The van der Waals surface area contributed by atoms with E-state index in [0.717, 1.165) is 10.4 Å². The third kappa shape index (κ3) is 2.62. The maximum Gasteiger partial charge on any atom is 0.246 e. The first-order valence-electron chi connectivity index (χ1n) is 5.38. The number of Topliss-reactive ketones (excluding diaryl/α,β-unsaturated/α-hetero) is 1. The number of halogens is 2. The van der Waals surface area contributed by atoms with Crippen molar-refractivity contribution in [1.29, 1.82) is 0 Å². The van der Waals surface area contributed by atoms with Gasteiger partial charge in [0.1, 0.15) is 16.5 Å². The topological polar surface area (TPSA) is 54.5 Å². The maximum atomic E-state index is 13.6. The number of hydrogen-bond acceptors (Lipinski definition) is 3. The molecule has 1 aromatic rings. The molecule has 0 radical (unpaired) electrons. The summed E-state index contributed by atoms with van der Waals surface area (Å²) in [5.74, 6) is -0.948. The smallest absolute Gasteiger partial charge is 0.246 e. The summed E-state index contributed by atoms with van der Waals surface area (Å²) in [5, 5.41) is 0. The van der Waals surface area contributed by atoms with Crippen molar-refractivity contribution in [2.75, 3.05) is 13.1 Å². The van der Waals surface area contributed by atoms with E-state index in [-0.39, 0.29) is 18.9 Å². The second-order valence-electron chi connectivity index (χ2n) is 4.06. The number of hydrogen-bond donors (Lipinski definition) is 0. The Hall–Kier alpha value is -0.790. The zero-order chi connectivity index (χ0) is 13.3. The molecule has 2 rings (SSSR count). The highest BCUT2D eigenvalue weighted by molar-refractivity contribution is 9.10. The fourth-order valence-electron chi connectivity index (χ4n) is 1.83. The Morgan fingerprint density at radius 1 is 1.33 bits per heavy atom. The molecule has 1 aliphatic rings. The average molecular weight is 336 g/mol. The van der Waals surface area contributed by atoms with Crippen LogP contribution in [0.2, 0.25) is 0 Å². The Balaban J connectivity index is 2.41. The molecule has 1 saturated heterocycles. The Labute approximate surface area is 113 Å². The van der Waals surface area contributed by atoms with Crippen molar-refractivity contribution in [3.8, 4) is 0 Å². The third-order valence-corrected chi connectivity index (χ3v) is 5.08. The summed E-state index contributed by atoms with van der Waals surface area (Å²) in [5.41, 5.74) is 0. The van der Waals surface area contributed by atoms with Crippen molar-refractivity contribution >= 4 is 31.7 Å².